The lowest BCUT2D eigenvalue weighted by molar-refractivity contribution is -0.140. The van der Waals surface area contributed by atoms with Crippen LogP contribution in [0, 0.1) is 0 Å². The quantitative estimate of drug-likeness (QED) is 0.758. The van der Waals surface area contributed by atoms with E-state index in [0.717, 1.165) is 4.31 Å². The van der Waals surface area contributed by atoms with Gasteiger partial charge in [-0.15, -0.1) is 0 Å². The molecule has 1 fully saturated rings. The maximum Gasteiger partial charge on any atom is 0.322 e. The van der Waals surface area contributed by atoms with Crippen molar-refractivity contribution >= 4 is 27.6 Å². The van der Waals surface area contributed by atoms with Crippen molar-refractivity contribution in [2.24, 2.45) is 0 Å². The monoisotopic (exact) mass is 306 g/mol. The number of rotatable bonds is 3. The van der Waals surface area contributed by atoms with Gasteiger partial charge in [0.25, 0.3) is 0 Å². The van der Waals surface area contributed by atoms with E-state index < -0.39 is 28.1 Å². The van der Waals surface area contributed by atoms with E-state index in [2.05, 4.69) is 4.98 Å². The molecule has 0 unspecified atom stereocenters. The minimum absolute atomic E-state index is 0.146. The lowest BCUT2D eigenvalue weighted by Gasteiger charge is -2.20. The number of carbonyl (C=O) groups is 1. The van der Waals surface area contributed by atoms with Crippen molar-refractivity contribution in [1.29, 1.82) is 0 Å². The van der Waals surface area contributed by atoms with E-state index in [9.17, 15) is 18.3 Å². The number of nitrogens with zero attached hydrogens (tertiary/aromatic N) is 2. The Labute approximate surface area is 114 Å². The SMILES string of the molecule is O=C(O)[C@H]1C[C@@H](O)CN1S(=O)(=O)c1cccnc1Cl. The summed E-state index contributed by atoms with van der Waals surface area (Å²) in [5.41, 5.74) is 0. The summed E-state index contributed by atoms with van der Waals surface area (Å²) in [5.74, 6) is -1.31. The minimum Gasteiger partial charge on any atom is -0.480 e. The molecule has 104 valence electrons. The van der Waals surface area contributed by atoms with Gasteiger partial charge in [0, 0.05) is 19.2 Å². The lowest BCUT2D eigenvalue weighted by Crippen LogP contribution is -2.40. The smallest absolute Gasteiger partial charge is 0.322 e. The Morgan fingerprint density at radius 2 is 2.21 bits per heavy atom. The first-order chi connectivity index (χ1) is 8.84. The highest BCUT2D eigenvalue weighted by atomic mass is 35.5. The van der Waals surface area contributed by atoms with Crippen molar-refractivity contribution in [3.8, 4) is 0 Å². The van der Waals surface area contributed by atoms with Gasteiger partial charge in [-0.05, 0) is 12.1 Å². The third-order valence-corrected chi connectivity index (χ3v) is 5.15. The number of carboxylic acids is 1. The van der Waals surface area contributed by atoms with Gasteiger partial charge in [-0.25, -0.2) is 13.4 Å². The predicted octanol–water partition coefficient (Wildman–Crippen LogP) is -0.0565. The number of aromatic nitrogens is 1. The first kappa shape index (κ1) is 14.2. The number of carboxylic acid groups (broad SMARTS) is 1. The van der Waals surface area contributed by atoms with Crippen molar-refractivity contribution in [2.75, 3.05) is 6.54 Å². The van der Waals surface area contributed by atoms with Crippen LogP contribution in [-0.2, 0) is 14.8 Å². The summed E-state index contributed by atoms with van der Waals surface area (Å²) in [6.45, 7) is -0.273. The number of aliphatic hydroxyl groups excluding tert-OH is 1. The zero-order chi connectivity index (χ0) is 14.2. The third kappa shape index (κ3) is 2.57. The van der Waals surface area contributed by atoms with Crippen LogP contribution in [0.1, 0.15) is 6.42 Å². The molecule has 0 spiro atoms. The molecule has 2 heterocycles. The number of aliphatic hydroxyl groups is 1. The van der Waals surface area contributed by atoms with Crippen LogP contribution in [0.25, 0.3) is 0 Å². The number of pyridine rings is 1. The fourth-order valence-corrected chi connectivity index (χ4v) is 4.02. The van der Waals surface area contributed by atoms with Gasteiger partial charge < -0.3 is 10.2 Å². The third-order valence-electron chi connectivity index (χ3n) is 2.83. The Balaban J connectivity index is 2.45. The molecule has 1 aromatic rings. The maximum absolute atomic E-state index is 12.3. The van der Waals surface area contributed by atoms with Gasteiger partial charge in [0.15, 0.2) is 0 Å². The molecule has 1 aliphatic rings. The van der Waals surface area contributed by atoms with Crippen LogP contribution in [0.4, 0.5) is 0 Å². The molecule has 1 saturated heterocycles. The van der Waals surface area contributed by atoms with E-state index in [1.807, 2.05) is 0 Å². The number of β-amino-alcohol motifs (C(OH)–C–C–N with tert-alkyl or cyclic N) is 1. The zero-order valence-corrected chi connectivity index (χ0v) is 11.2. The molecule has 7 nitrogen and oxygen atoms in total. The normalized spacial score (nSPS) is 24.5. The second kappa shape index (κ2) is 5.04. The summed E-state index contributed by atoms with van der Waals surface area (Å²) in [5, 5.41) is 18.3. The molecule has 1 aliphatic heterocycles. The Kier molecular flexibility index (Phi) is 3.77. The summed E-state index contributed by atoms with van der Waals surface area (Å²) in [6, 6.07) is 1.34. The standard InChI is InChI=1S/C10H11ClN2O5S/c11-9-8(2-1-3-12-9)19(17,18)13-5-6(14)4-7(13)10(15)16/h1-3,6-7,14H,4-5H2,(H,15,16)/t6-,7-/m1/s1. The Hall–Kier alpha value is -1.22. The molecule has 19 heavy (non-hydrogen) atoms. The zero-order valence-electron chi connectivity index (χ0n) is 9.60. The highest BCUT2D eigenvalue weighted by molar-refractivity contribution is 7.89. The number of hydrogen-bond acceptors (Lipinski definition) is 5. The van der Waals surface area contributed by atoms with Crippen LogP contribution >= 0.6 is 11.6 Å². The Morgan fingerprint density at radius 3 is 2.79 bits per heavy atom. The average molecular weight is 307 g/mol. The van der Waals surface area contributed by atoms with Crippen LogP contribution in [0.2, 0.25) is 5.15 Å². The molecule has 0 aliphatic carbocycles. The van der Waals surface area contributed by atoms with E-state index in [1.165, 1.54) is 18.3 Å². The highest BCUT2D eigenvalue weighted by Crippen LogP contribution is 2.29. The lowest BCUT2D eigenvalue weighted by atomic mass is 10.2. The highest BCUT2D eigenvalue weighted by Gasteiger charge is 2.44. The molecule has 0 amide bonds. The topological polar surface area (TPSA) is 108 Å². The number of aliphatic carboxylic acids is 1. The van der Waals surface area contributed by atoms with E-state index in [-0.39, 0.29) is 23.0 Å². The Morgan fingerprint density at radius 1 is 1.53 bits per heavy atom. The second-order valence-corrected chi connectivity index (χ2v) is 6.33. The number of halogens is 1. The van der Waals surface area contributed by atoms with Crippen molar-refractivity contribution < 1.29 is 23.4 Å². The van der Waals surface area contributed by atoms with Crippen molar-refractivity contribution in [3.63, 3.8) is 0 Å². The van der Waals surface area contributed by atoms with E-state index in [0.29, 0.717) is 0 Å². The van der Waals surface area contributed by atoms with Gasteiger partial charge in [-0.2, -0.15) is 4.31 Å². The van der Waals surface area contributed by atoms with Crippen LogP contribution in [0.5, 0.6) is 0 Å². The number of hydrogen-bond donors (Lipinski definition) is 2. The molecule has 2 atom stereocenters. The van der Waals surface area contributed by atoms with Gasteiger partial charge in [-0.3, -0.25) is 4.79 Å². The molecular weight excluding hydrogens is 296 g/mol. The summed E-state index contributed by atoms with van der Waals surface area (Å²) in [7, 11) is -4.10. The van der Waals surface area contributed by atoms with Crippen LogP contribution in [0.15, 0.2) is 23.2 Å². The fraction of sp³-hybridized carbons (Fsp3) is 0.400. The molecule has 2 N–H and O–H groups in total. The van der Waals surface area contributed by atoms with Gasteiger partial charge in [-0.1, -0.05) is 11.6 Å². The molecule has 2 rings (SSSR count). The summed E-state index contributed by atoms with van der Waals surface area (Å²) < 4.78 is 25.4. The fourth-order valence-electron chi connectivity index (χ4n) is 1.96. The molecule has 1 aromatic heterocycles. The van der Waals surface area contributed by atoms with Crippen LogP contribution < -0.4 is 0 Å². The van der Waals surface area contributed by atoms with Crippen LogP contribution in [-0.4, -0.2) is 52.6 Å². The van der Waals surface area contributed by atoms with E-state index >= 15 is 0 Å². The van der Waals surface area contributed by atoms with Crippen molar-refractivity contribution in [3.05, 3.63) is 23.5 Å². The largest absolute Gasteiger partial charge is 0.480 e. The molecular formula is C10H11ClN2O5S. The Bertz CT molecular complexity index is 606. The van der Waals surface area contributed by atoms with Crippen molar-refractivity contribution in [1.82, 2.24) is 9.29 Å². The van der Waals surface area contributed by atoms with Gasteiger partial charge >= 0.3 is 5.97 Å². The summed E-state index contributed by atoms with van der Waals surface area (Å²) >= 11 is 5.72. The molecule has 0 saturated carbocycles. The van der Waals surface area contributed by atoms with E-state index in [1.54, 1.807) is 0 Å². The molecule has 0 aromatic carbocycles. The summed E-state index contributed by atoms with van der Waals surface area (Å²) in [4.78, 5) is 14.4. The second-order valence-electron chi connectivity index (χ2n) is 4.11. The minimum atomic E-state index is -4.10. The van der Waals surface area contributed by atoms with Gasteiger partial charge in [0.1, 0.15) is 16.1 Å². The van der Waals surface area contributed by atoms with Gasteiger partial charge in [0.05, 0.1) is 6.10 Å². The number of sulfonamides is 1. The first-order valence-electron chi connectivity index (χ1n) is 5.37. The predicted molar refractivity (Wildman–Crippen MR) is 65.2 cm³/mol. The van der Waals surface area contributed by atoms with Gasteiger partial charge in [0.2, 0.25) is 10.0 Å². The first-order valence-corrected chi connectivity index (χ1v) is 7.19. The van der Waals surface area contributed by atoms with E-state index in [4.69, 9.17) is 16.7 Å². The van der Waals surface area contributed by atoms with Crippen LogP contribution in [0.3, 0.4) is 0 Å². The summed E-state index contributed by atoms with van der Waals surface area (Å²) in [6.07, 6.45) is 0.174. The maximum atomic E-state index is 12.3. The molecule has 9 heteroatoms. The average Bonchev–Trinajstić information content (AvgIpc) is 2.72. The molecule has 0 bridgehead atoms. The molecule has 0 radical (unpaired) electrons. The van der Waals surface area contributed by atoms with Crippen molar-refractivity contribution in [2.45, 2.75) is 23.5 Å².